The molecule has 0 aromatic heterocycles. The second kappa shape index (κ2) is 14.7. The molecule has 6 heterocycles. The van der Waals surface area contributed by atoms with E-state index in [1.807, 2.05) is 58.9 Å². The predicted octanol–water partition coefficient (Wildman–Crippen LogP) is 6.41. The van der Waals surface area contributed by atoms with Crippen LogP contribution < -0.4 is 0 Å². The molecule has 6 aliphatic rings. The van der Waals surface area contributed by atoms with Gasteiger partial charge >= 0.3 is 71.4 Å². The minimum atomic E-state index is -4.67. The van der Waals surface area contributed by atoms with Crippen LogP contribution in [0.25, 0.3) is 0 Å². The molecule has 6 rings (SSSR count). The van der Waals surface area contributed by atoms with Crippen molar-refractivity contribution in [2.45, 2.75) is 150 Å². The number of hydrogen-bond donors (Lipinski definition) is 0. The van der Waals surface area contributed by atoms with Crippen LogP contribution in [0.1, 0.15) is 6.42 Å². The Hall–Kier alpha value is 2.36. The molecule has 0 radical (unpaired) electrons. The van der Waals surface area contributed by atoms with Crippen LogP contribution in [0.4, 0.5) is 0 Å². The van der Waals surface area contributed by atoms with Crippen molar-refractivity contribution in [3.05, 3.63) is 0 Å². The van der Waals surface area contributed by atoms with Crippen LogP contribution in [0.3, 0.4) is 0 Å². The average Bonchev–Trinajstić information content (AvgIpc) is 2.74. The first-order valence-corrected chi connectivity index (χ1v) is 54.8. The molecule has 6 aliphatic heterocycles. The Morgan fingerprint density at radius 1 is 0.364 bits per heavy atom. The molecule has 322 valence electrons. The first-order chi connectivity index (χ1) is 24.2. The van der Waals surface area contributed by atoms with E-state index in [0.717, 1.165) is 19.0 Å². The third-order valence-electron chi connectivity index (χ3n) is 8.20. The number of hydrogen-bond acceptors (Lipinski definition) is 17. The number of nitrogens with zero attached hydrogens (tertiary/aromatic N) is 1. The van der Waals surface area contributed by atoms with Gasteiger partial charge in [0.05, 0.1) is 0 Å². The molecule has 0 saturated carbocycles. The molecular formula is C24H69NO16Si14. The van der Waals surface area contributed by atoms with Gasteiger partial charge in [0.15, 0.2) is 33.3 Å². The van der Waals surface area contributed by atoms with Gasteiger partial charge < -0.3 is 70.1 Å². The normalized spacial score (nSPS) is 41.6. The maximum atomic E-state index is 7.34. The SMILES string of the molecule is C[Si](C)(C)O[Si]12O[Si]3(C)O[Si]4(C)O[Si]5(C)O[Si](C)(O3)O[Si](O[Si](C)(C)C)(O1)O[Si](O[Si](C)(C)CCCN([Si](C)(C)C)[Si](C)(C)C)(O5)O[Si](O[Si](C)(C)C)(O4)O2. The van der Waals surface area contributed by atoms with Crippen molar-refractivity contribution in [3.63, 3.8) is 0 Å². The summed E-state index contributed by atoms with van der Waals surface area (Å²) in [6.45, 7) is 44.7. The molecule has 6 fully saturated rings. The highest BCUT2D eigenvalue weighted by Crippen LogP contribution is 2.51. The summed E-state index contributed by atoms with van der Waals surface area (Å²) in [6, 6.07) is 0.773. The van der Waals surface area contributed by atoms with Gasteiger partial charge in [0, 0.05) is 26.2 Å². The Bertz CT molecular complexity index is 1390. The third kappa shape index (κ3) is 12.1. The van der Waals surface area contributed by atoms with Gasteiger partial charge in [-0.1, -0.05) is 39.3 Å². The summed E-state index contributed by atoms with van der Waals surface area (Å²) in [7, 11) is -48.1. The van der Waals surface area contributed by atoms with Crippen LogP contribution in [0.2, 0.25) is 144 Å². The van der Waals surface area contributed by atoms with E-state index in [1.165, 1.54) is 0 Å². The van der Waals surface area contributed by atoms with E-state index >= 15 is 0 Å². The molecule has 0 aromatic rings. The summed E-state index contributed by atoms with van der Waals surface area (Å²) in [5, 5.41) is 0. The Morgan fingerprint density at radius 3 is 0.855 bits per heavy atom. The van der Waals surface area contributed by atoms with Crippen LogP contribution in [-0.4, -0.2) is 132 Å². The zero-order valence-corrected chi connectivity index (χ0v) is 51.1. The zero-order chi connectivity index (χ0) is 42.0. The maximum absolute atomic E-state index is 7.34. The molecule has 0 amide bonds. The minimum absolute atomic E-state index is 0.773. The van der Waals surface area contributed by atoms with Gasteiger partial charge in [-0.2, -0.15) is 0 Å². The van der Waals surface area contributed by atoms with E-state index < -0.39 is 121 Å². The van der Waals surface area contributed by atoms with Gasteiger partial charge in [0.25, 0.3) is 0 Å². The van der Waals surface area contributed by atoms with Crippen LogP contribution in [0, 0.1) is 0 Å². The lowest BCUT2D eigenvalue weighted by atomic mass is 10.5. The molecule has 6 saturated heterocycles. The molecule has 17 nitrogen and oxygen atoms in total. The smallest absolute Gasteiger partial charge is 0.396 e. The standard InChI is InChI=1S/C24H69NO16Si14/c1-42(2,3)25(43(4,5)6)23-22-24-47(16,17)29-55-37-51(21)32-49(19)30-48(18)31-50(20,33-51)36-54(41-55,28-46(13,14)15)39-52(34-48,26-44(7,8)9)38-53(35-49,40-55)27-45(10,11)12/h22-24H2,1-21H3. The molecule has 55 heavy (non-hydrogen) atoms. The van der Waals surface area contributed by atoms with E-state index in [1.54, 1.807) is 26.2 Å². The van der Waals surface area contributed by atoms with E-state index in [-0.39, 0.29) is 0 Å². The van der Waals surface area contributed by atoms with Crippen LogP contribution in [-0.2, 0) is 65.8 Å². The fourth-order valence-electron chi connectivity index (χ4n) is 7.47. The van der Waals surface area contributed by atoms with E-state index in [0.29, 0.717) is 0 Å². The van der Waals surface area contributed by atoms with Crippen LogP contribution >= 0.6 is 0 Å². The maximum Gasteiger partial charge on any atom is 0.649 e. The van der Waals surface area contributed by atoms with Crippen molar-refractivity contribution in [1.29, 1.82) is 0 Å². The van der Waals surface area contributed by atoms with Crippen molar-refractivity contribution in [3.8, 4) is 0 Å². The van der Waals surface area contributed by atoms with Gasteiger partial charge in [0.1, 0.15) is 16.5 Å². The molecule has 0 aliphatic carbocycles. The van der Waals surface area contributed by atoms with E-state index in [2.05, 4.69) is 56.6 Å². The Balaban J connectivity index is 1.74. The van der Waals surface area contributed by atoms with Crippen LogP contribution in [0.5, 0.6) is 0 Å². The lowest BCUT2D eigenvalue weighted by Crippen LogP contribution is -2.90. The molecular weight excluding hydrogens is 951 g/mol. The fraction of sp³-hybridized carbons (Fsp3) is 1.00. The minimum Gasteiger partial charge on any atom is -0.396 e. The van der Waals surface area contributed by atoms with Crippen LogP contribution in [0.15, 0.2) is 0 Å². The lowest BCUT2D eigenvalue weighted by Gasteiger charge is -2.60. The molecule has 0 spiro atoms. The Morgan fingerprint density at radius 2 is 0.618 bits per heavy atom. The Labute approximate surface area is 345 Å². The van der Waals surface area contributed by atoms with Gasteiger partial charge in [-0.3, -0.25) is 0 Å². The van der Waals surface area contributed by atoms with Gasteiger partial charge in [-0.15, -0.1) is 0 Å². The average molecular weight is 1020 g/mol. The van der Waals surface area contributed by atoms with Gasteiger partial charge in [0.2, 0.25) is 0 Å². The van der Waals surface area contributed by atoms with Crippen molar-refractivity contribution >= 4 is 121 Å². The summed E-state index contributed by atoms with van der Waals surface area (Å²) < 4.78 is 116. The van der Waals surface area contributed by atoms with Crippen molar-refractivity contribution < 1.29 is 65.8 Å². The largest absolute Gasteiger partial charge is 0.649 e. The summed E-state index contributed by atoms with van der Waals surface area (Å²) in [6.07, 6.45) is 0.913. The number of rotatable bonds is 14. The van der Waals surface area contributed by atoms with Gasteiger partial charge in [-0.25, -0.2) is 0 Å². The van der Waals surface area contributed by atoms with Crippen molar-refractivity contribution in [2.75, 3.05) is 6.54 Å². The van der Waals surface area contributed by atoms with E-state index in [4.69, 9.17) is 65.8 Å². The van der Waals surface area contributed by atoms with E-state index in [9.17, 15) is 0 Å². The Kier molecular flexibility index (Phi) is 12.9. The highest BCUT2D eigenvalue weighted by atomic mass is 28.7. The molecule has 0 N–H and O–H groups in total. The molecule has 4 unspecified atom stereocenters. The predicted molar refractivity (Wildman–Crippen MR) is 237 cm³/mol. The zero-order valence-electron chi connectivity index (χ0n) is 37.1. The second-order valence-corrected chi connectivity index (χ2v) is 71.6. The molecule has 4 atom stereocenters. The molecule has 0 aromatic carbocycles. The first-order valence-electron chi connectivity index (χ1n) is 19.1. The lowest BCUT2D eigenvalue weighted by molar-refractivity contribution is -0.0865. The highest BCUT2D eigenvalue weighted by Gasteiger charge is 2.86. The molecule has 31 heteroatoms. The second-order valence-electron chi connectivity index (χ2n) is 20.8. The third-order valence-corrected chi connectivity index (χ3v) is 60.8. The fourth-order valence-corrected chi connectivity index (χ4v) is 72.7. The quantitative estimate of drug-likeness (QED) is 0.176. The topological polar surface area (TPSA) is 151 Å². The molecule has 8 bridgehead atoms. The first kappa shape index (κ1) is 48.4. The summed E-state index contributed by atoms with van der Waals surface area (Å²) in [4.78, 5) is 0. The monoisotopic (exact) mass is 1020 g/mol. The van der Waals surface area contributed by atoms with Crippen molar-refractivity contribution in [1.82, 2.24) is 4.23 Å². The van der Waals surface area contributed by atoms with Gasteiger partial charge in [-0.05, 0) is 91.0 Å². The summed E-state index contributed by atoms with van der Waals surface area (Å²) >= 11 is 0. The highest BCUT2D eigenvalue weighted by molar-refractivity contribution is 7.03. The summed E-state index contributed by atoms with van der Waals surface area (Å²) in [5.74, 6) is 0. The summed E-state index contributed by atoms with van der Waals surface area (Å²) in [5.41, 5.74) is 0. The van der Waals surface area contributed by atoms with Crippen molar-refractivity contribution in [2.24, 2.45) is 0 Å².